The molecule has 0 aliphatic rings. The van der Waals surface area contributed by atoms with Gasteiger partial charge in [0.2, 0.25) is 0 Å². The fourth-order valence-electron chi connectivity index (χ4n) is 2.17. The van der Waals surface area contributed by atoms with Gasteiger partial charge in [-0.15, -0.1) is 0 Å². The van der Waals surface area contributed by atoms with Gasteiger partial charge in [-0.1, -0.05) is 33.6 Å². The highest BCUT2D eigenvalue weighted by Crippen LogP contribution is 2.27. The van der Waals surface area contributed by atoms with Crippen LogP contribution in [-0.4, -0.2) is 7.11 Å². The summed E-state index contributed by atoms with van der Waals surface area (Å²) in [5.74, 6) is 0.831. The van der Waals surface area contributed by atoms with E-state index in [1.807, 2.05) is 37.3 Å². The van der Waals surface area contributed by atoms with Crippen molar-refractivity contribution < 1.29 is 4.74 Å². The first kappa shape index (κ1) is 15.4. The summed E-state index contributed by atoms with van der Waals surface area (Å²) in [7, 11) is 1.66. The second-order valence-corrected chi connectivity index (χ2v) is 6.12. The van der Waals surface area contributed by atoms with E-state index in [-0.39, 0.29) is 6.04 Å². The molecule has 0 bridgehead atoms. The highest BCUT2D eigenvalue weighted by atomic mass is 79.9. The number of methoxy groups -OCH3 is 1. The summed E-state index contributed by atoms with van der Waals surface area (Å²) in [6.45, 7) is 2.02. The van der Waals surface area contributed by atoms with Crippen molar-refractivity contribution in [1.29, 1.82) is 0 Å². The lowest BCUT2D eigenvalue weighted by atomic mass is 9.98. The predicted molar refractivity (Wildman–Crippen MR) is 87.5 cm³/mol. The van der Waals surface area contributed by atoms with Crippen molar-refractivity contribution in [2.45, 2.75) is 19.4 Å². The normalized spacial score (nSPS) is 12.2. The average molecular weight is 355 g/mol. The predicted octanol–water partition coefficient (Wildman–Crippen LogP) is 4.66. The van der Waals surface area contributed by atoms with Crippen LogP contribution >= 0.6 is 27.5 Å². The summed E-state index contributed by atoms with van der Waals surface area (Å²) in [5, 5.41) is 0.722. The molecule has 106 valence electrons. The van der Waals surface area contributed by atoms with Gasteiger partial charge in [0.15, 0.2) is 0 Å². The Bertz CT molecular complexity index is 595. The monoisotopic (exact) mass is 353 g/mol. The maximum absolute atomic E-state index is 6.30. The zero-order chi connectivity index (χ0) is 14.7. The molecule has 0 aromatic heterocycles. The lowest BCUT2D eigenvalue weighted by Gasteiger charge is -2.15. The smallest absolute Gasteiger partial charge is 0.119 e. The first-order valence-electron chi connectivity index (χ1n) is 6.34. The lowest BCUT2D eigenvalue weighted by molar-refractivity contribution is 0.414. The Kier molecular flexibility index (Phi) is 5.08. The highest BCUT2D eigenvalue weighted by Gasteiger charge is 2.11. The highest BCUT2D eigenvalue weighted by molar-refractivity contribution is 9.10. The largest absolute Gasteiger partial charge is 0.497 e. The van der Waals surface area contributed by atoms with E-state index in [0.717, 1.165) is 38.4 Å². The van der Waals surface area contributed by atoms with Crippen molar-refractivity contribution in [3.8, 4) is 5.75 Å². The summed E-state index contributed by atoms with van der Waals surface area (Å²) in [5.41, 5.74) is 9.59. The van der Waals surface area contributed by atoms with Crippen molar-refractivity contribution in [3.05, 3.63) is 62.6 Å². The van der Waals surface area contributed by atoms with Crippen LogP contribution in [0, 0.1) is 6.92 Å². The molecular formula is C16H17BrClNO. The molecule has 20 heavy (non-hydrogen) atoms. The van der Waals surface area contributed by atoms with Crippen LogP contribution < -0.4 is 10.5 Å². The second kappa shape index (κ2) is 6.61. The maximum atomic E-state index is 6.30. The van der Waals surface area contributed by atoms with Crippen LogP contribution in [0.4, 0.5) is 0 Å². The summed E-state index contributed by atoms with van der Waals surface area (Å²) in [6, 6.07) is 11.7. The van der Waals surface area contributed by atoms with Crippen LogP contribution in [-0.2, 0) is 6.42 Å². The van der Waals surface area contributed by atoms with E-state index in [0.29, 0.717) is 0 Å². The van der Waals surface area contributed by atoms with Crippen molar-refractivity contribution in [1.82, 2.24) is 0 Å². The van der Waals surface area contributed by atoms with Crippen LogP contribution in [0.5, 0.6) is 5.75 Å². The Morgan fingerprint density at radius 3 is 2.65 bits per heavy atom. The molecule has 1 unspecified atom stereocenters. The van der Waals surface area contributed by atoms with Gasteiger partial charge in [0.1, 0.15) is 5.75 Å². The number of benzene rings is 2. The van der Waals surface area contributed by atoms with Gasteiger partial charge in [0.25, 0.3) is 0 Å². The van der Waals surface area contributed by atoms with Gasteiger partial charge in [0, 0.05) is 15.5 Å². The fraction of sp³-hybridized carbons (Fsp3) is 0.250. The van der Waals surface area contributed by atoms with Gasteiger partial charge in [0.05, 0.1) is 7.11 Å². The molecule has 0 saturated heterocycles. The Labute approximate surface area is 133 Å². The summed E-state index contributed by atoms with van der Waals surface area (Å²) >= 11 is 9.64. The third-order valence-electron chi connectivity index (χ3n) is 3.19. The van der Waals surface area contributed by atoms with E-state index in [9.17, 15) is 0 Å². The average Bonchev–Trinajstić information content (AvgIpc) is 2.40. The van der Waals surface area contributed by atoms with Crippen LogP contribution in [0.2, 0.25) is 5.02 Å². The molecule has 0 saturated carbocycles. The van der Waals surface area contributed by atoms with Crippen molar-refractivity contribution in [2.24, 2.45) is 5.73 Å². The van der Waals surface area contributed by atoms with Gasteiger partial charge >= 0.3 is 0 Å². The van der Waals surface area contributed by atoms with E-state index in [2.05, 4.69) is 22.0 Å². The first-order chi connectivity index (χ1) is 9.49. The standard InChI is InChI=1S/C16H17BrClNO/c1-10-5-12(7-13(18)6-10)16(19)9-11-8-14(20-2)3-4-15(11)17/h3-8,16H,9,19H2,1-2H3. The van der Waals surface area contributed by atoms with Crippen molar-refractivity contribution >= 4 is 27.5 Å². The Hall–Kier alpha value is -1.03. The van der Waals surface area contributed by atoms with E-state index < -0.39 is 0 Å². The minimum atomic E-state index is -0.101. The lowest BCUT2D eigenvalue weighted by Crippen LogP contribution is -2.14. The van der Waals surface area contributed by atoms with Gasteiger partial charge in [-0.3, -0.25) is 0 Å². The number of aryl methyl sites for hydroxylation is 1. The quantitative estimate of drug-likeness (QED) is 0.866. The molecule has 0 spiro atoms. The van der Waals surface area contributed by atoms with E-state index in [1.54, 1.807) is 7.11 Å². The number of nitrogens with two attached hydrogens (primary N) is 1. The van der Waals surface area contributed by atoms with Crippen LogP contribution in [0.1, 0.15) is 22.7 Å². The molecule has 0 fully saturated rings. The summed E-state index contributed by atoms with van der Waals surface area (Å²) in [6.07, 6.45) is 0.720. The topological polar surface area (TPSA) is 35.2 Å². The molecule has 0 aliphatic heterocycles. The van der Waals surface area contributed by atoms with E-state index in [1.165, 1.54) is 0 Å². The van der Waals surface area contributed by atoms with Crippen LogP contribution in [0.25, 0.3) is 0 Å². The molecule has 2 N–H and O–H groups in total. The zero-order valence-corrected chi connectivity index (χ0v) is 13.8. The molecule has 2 rings (SSSR count). The Morgan fingerprint density at radius 1 is 1.25 bits per heavy atom. The number of hydrogen-bond donors (Lipinski definition) is 1. The molecule has 0 aliphatic carbocycles. The summed E-state index contributed by atoms with van der Waals surface area (Å²) < 4.78 is 6.29. The molecule has 0 heterocycles. The molecule has 4 heteroatoms. The third-order valence-corrected chi connectivity index (χ3v) is 4.18. The minimum absolute atomic E-state index is 0.101. The first-order valence-corrected chi connectivity index (χ1v) is 7.52. The molecule has 2 nitrogen and oxygen atoms in total. The molecule has 0 amide bonds. The molecule has 2 aromatic carbocycles. The number of hydrogen-bond acceptors (Lipinski definition) is 2. The van der Waals surface area contributed by atoms with E-state index in [4.69, 9.17) is 22.1 Å². The third kappa shape index (κ3) is 3.75. The van der Waals surface area contributed by atoms with Gasteiger partial charge < -0.3 is 10.5 Å². The molecular weight excluding hydrogens is 338 g/mol. The molecule has 1 atom stereocenters. The zero-order valence-electron chi connectivity index (χ0n) is 11.5. The van der Waals surface area contributed by atoms with Gasteiger partial charge in [-0.2, -0.15) is 0 Å². The maximum Gasteiger partial charge on any atom is 0.119 e. The second-order valence-electron chi connectivity index (χ2n) is 4.83. The van der Waals surface area contributed by atoms with Crippen molar-refractivity contribution in [3.63, 3.8) is 0 Å². The van der Waals surface area contributed by atoms with Crippen LogP contribution in [0.3, 0.4) is 0 Å². The van der Waals surface area contributed by atoms with Gasteiger partial charge in [-0.05, 0) is 60.4 Å². The van der Waals surface area contributed by atoms with Crippen molar-refractivity contribution in [2.75, 3.05) is 7.11 Å². The Morgan fingerprint density at radius 2 is 2.00 bits per heavy atom. The van der Waals surface area contributed by atoms with E-state index >= 15 is 0 Å². The number of ether oxygens (including phenoxy) is 1. The SMILES string of the molecule is COc1ccc(Br)c(CC(N)c2cc(C)cc(Cl)c2)c1. The van der Waals surface area contributed by atoms with Crippen LogP contribution in [0.15, 0.2) is 40.9 Å². The molecule has 2 aromatic rings. The van der Waals surface area contributed by atoms with Gasteiger partial charge in [-0.25, -0.2) is 0 Å². The number of halogens is 2. The number of rotatable bonds is 4. The molecule has 0 radical (unpaired) electrons. The summed E-state index contributed by atoms with van der Waals surface area (Å²) in [4.78, 5) is 0. The Balaban J connectivity index is 2.24. The minimum Gasteiger partial charge on any atom is -0.497 e. The fourth-order valence-corrected chi connectivity index (χ4v) is 2.87.